The first-order chi connectivity index (χ1) is 8.08. The highest BCUT2D eigenvalue weighted by Crippen LogP contribution is 2.13. The molecule has 1 atom stereocenters. The van der Waals surface area contributed by atoms with E-state index < -0.39 is 0 Å². The van der Waals surface area contributed by atoms with Gasteiger partial charge in [-0.05, 0) is 13.8 Å². The number of oxazole rings is 1. The number of hydrogen-bond donors (Lipinski definition) is 3. The van der Waals surface area contributed by atoms with E-state index in [-0.39, 0.29) is 17.6 Å². The van der Waals surface area contributed by atoms with E-state index in [4.69, 9.17) is 10.2 Å². The first-order valence-corrected chi connectivity index (χ1v) is 5.10. The van der Waals surface area contributed by atoms with Crippen molar-refractivity contribution in [1.82, 2.24) is 20.5 Å². The molecule has 0 aliphatic heterocycles. The highest BCUT2D eigenvalue weighted by molar-refractivity contribution is 5.97. The Morgan fingerprint density at radius 1 is 1.59 bits per heavy atom. The molecule has 2 aromatic heterocycles. The summed E-state index contributed by atoms with van der Waals surface area (Å²) in [5.74, 6) is 0.805. The number of nitrogens with zero attached hydrogens (tertiary/aromatic N) is 2. The molecule has 0 aromatic carbocycles. The van der Waals surface area contributed by atoms with Crippen LogP contribution in [0.3, 0.4) is 0 Å². The van der Waals surface area contributed by atoms with Crippen molar-refractivity contribution in [3.8, 4) is 0 Å². The second-order valence-corrected chi connectivity index (χ2v) is 3.70. The maximum absolute atomic E-state index is 11.8. The zero-order valence-corrected chi connectivity index (χ0v) is 9.52. The van der Waals surface area contributed by atoms with Crippen LogP contribution >= 0.6 is 0 Å². The molecule has 2 heterocycles. The molecule has 17 heavy (non-hydrogen) atoms. The van der Waals surface area contributed by atoms with E-state index in [1.807, 2.05) is 0 Å². The van der Waals surface area contributed by atoms with Gasteiger partial charge in [0.2, 0.25) is 5.89 Å². The quantitative estimate of drug-likeness (QED) is 0.728. The molecule has 4 N–H and O–H groups in total. The van der Waals surface area contributed by atoms with Gasteiger partial charge in [-0.1, -0.05) is 0 Å². The minimum atomic E-state index is -0.344. The number of rotatable bonds is 3. The molecular weight excluding hydrogens is 222 g/mol. The van der Waals surface area contributed by atoms with Crippen molar-refractivity contribution in [3.63, 3.8) is 0 Å². The summed E-state index contributed by atoms with van der Waals surface area (Å²) in [7, 11) is 0. The highest BCUT2D eigenvalue weighted by Gasteiger charge is 2.18. The fraction of sp³-hybridized carbons (Fsp3) is 0.300. The summed E-state index contributed by atoms with van der Waals surface area (Å²) in [6.45, 7) is 3.56. The lowest BCUT2D eigenvalue weighted by atomic mass is 10.3. The topological polar surface area (TPSA) is 110 Å². The summed E-state index contributed by atoms with van der Waals surface area (Å²) in [4.78, 5) is 15.8. The number of carbonyl (C=O) groups is 1. The smallest absolute Gasteiger partial charge is 0.272 e. The SMILES string of the molecule is Cc1cnc(C(C)NC(=O)c2[nH]ncc2N)o1. The molecule has 1 amide bonds. The summed E-state index contributed by atoms with van der Waals surface area (Å²) >= 11 is 0. The number of nitrogens with two attached hydrogens (primary N) is 1. The van der Waals surface area contributed by atoms with Gasteiger partial charge in [0, 0.05) is 0 Å². The molecule has 7 heteroatoms. The first-order valence-electron chi connectivity index (χ1n) is 5.10. The van der Waals surface area contributed by atoms with Crippen LogP contribution in [0.2, 0.25) is 0 Å². The molecule has 0 aliphatic rings. The number of hydrogen-bond acceptors (Lipinski definition) is 5. The Morgan fingerprint density at radius 3 is 2.88 bits per heavy atom. The van der Waals surface area contributed by atoms with Gasteiger partial charge >= 0.3 is 0 Å². The van der Waals surface area contributed by atoms with E-state index in [2.05, 4.69) is 20.5 Å². The van der Waals surface area contributed by atoms with Gasteiger partial charge in [-0.25, -0.2) is 4.98 Å². The van der Waals surface area contributed by atoms with Crippen LogP contribution in [0, 0.1) is 6.92 Å². The predicted molar refractivity (Wildman–Crippen MR) is 60.1 cm³/mol. The van der Waals surface area contributed by atoms with Gasteiger partial charge in [-0.2, -0.15) is 5.10 Å². The summed E-state index contributed by atoms with van der Waals surface area (Å²) in [6, 6.07) is -0.334. The minimum absolute atomic E-state index is 0.236. The maximum Gasteiger partial charge on any atom is 0.272 e. The van der Waals surface area contributed by atoms with Gasteiger partial charge in [0.05, 0.1) is 18.1 Å². The van der Waals surface area contributed by atoms with E-state index in [9.17, 15) is 4.79 Å². The number of amides is 1. The number of aromatic nitrogens is 3. The number of nitrogens with one attached hydrogen (secondary N) is 2. The van der Waals surface area contributed by atoms with Crippen LogP contribution in [0.4, 0.5) is 5.69 Å². The lowest BCUT2D eigenvalue weighted by Gasteiger charge is -2.09. The van der Waals surface area contributed by atoms with Gasteiger partial charge in [0.1, 0.15) is 17.5 Å². The minimum Gasteiger partial charge on any atom is -0.444 e. The van der Waals surface area contributed by atoms with E-state index in [0.717, 1.165) is 0 Å². The fourth-order valence-corrected chi connectivity index (χ4v) is 1.38. The lowest BCUT2D eigenvalue weighted by molar-refractivity contribution is 0.0929. The van der Waals surface area contributed by atoms with Crippen LogP contribution in [0.1, 0.15) is 35.1 Å². The molecule has 0 aliphatic carbocycles. The number of aromatic amines is 1. The number of H-pyrrole nitrogens is 1. The monoisotopic (exact) mass is 235 g/mol. The zero-order valence-electron chi connectivity index (χ0n) is 9.52. The second kappa shape index (κ2) is 4.28. The standard InChI is InChI=1S/C10H13N5O2/c1-5-3-12-10(17-5)6(2)14-9(16)8-7(11)4-13-15-8/h3-4,6H,11H2,1-2H3,(H,13,15)(H,14,16). The number of nitrogen functional groups attached to an aromatic ring is 1. The van der Waals surface area contributed by atoms with Gasteiger partial charge < -0.3 is 15.5 Å². The third kappa shape index (κ3) is 2.27. The van der Waals surface area contributed by atoms with Gasteiger partial charge in [0.15, 0.2) is 0 Å². The van der Waals surface area contributed by atoms with Crippen molar-refractivity contribution < 1.29 is 9.21 Å². The Kier molecular flexibility index (Phi) is 2.82. The number of aryl methyl sites for hydroxylation is 1. The second-order valence-electron chi connectivity index (χ2n) is 3.70. The molecule has 0 spiro atoms. The summed E-state index contributed by atoms with van der Waals surface area (Å²) < 4.78 is 5.31. The molecule has 7 nitrogen and oxygen atoms in total. The molecule has 0 fully saturated rings. The molecule has 0 saturated carbocycles. The molecule has 0 radical (unpaired) electrons. The van der Waals surface area contributed by atoms with Crippen molar-refractivity contribution in [2.75, 3.05) is 5.73 Å². The molecule has 2 rings (SSSR count). The van der Waals surface area contributed by atoms with Gasteiger partial charge in [0.25, 0.3) is 5.91 Å². The normalized spacial score (nSPS) is 12.4. The molecule has 1 unspecified atom stereocenters. The summed E-state index contributed by atoms with van der Waals surface area (Å²) in [5.41, 5.74) is 6.11. The molecule has 0 bridgehead atoms. The lowest BCUT2D eigenvalue weighted by Crippen LogP contribution is -2.27. The van der Waals surface area contributed by atoms with E-state index >= 15 is 0 Å². The highest BCUT2D eigenvalue weighted by atomic mass is 16.4. The zero-order chi connectivity index (χ0) is 12.4. The Hall–Kier alpha value is -2.31. The average Bonchev–Trinajstić information content (AvgIpc) is 2.86. The first kappa shape index (κ1) is 11.2. The Balaban J connectivity index is 2.07. The fourth-order valence-electron chi connectivity index (χ4n) is 1.38. The van der Waals surface area contributed by atoms with Crippen molar-refractivity contribution in [1.29, 1.82) is 0 Å². The van der Waals surface area contributed by atoms with Crippen LogP contribution < -0.4 is 11.1 Å². The largest absolute Gasteiger partial charge is 0.444 e. The number of carbonyl (C=O) groups excluding carboxylic acids is 1. The molecule has 2 aromatic rings. The average molecular weight is 235 g/mol. The maximum atomic E-state index is 11.8. The summed E-state index contributed by atoms with van der Waals surface area (Å²) in [5, 5.41) is 8.91. The molecular formula is C10H13N5O2. The van der Waals surface area contributed by atoms with Crippen LogP contribution in [-0.2, 0) is 0 Å². The van der Waals surface area contributed by atoms with E-state index in [0.29, 0.717) is 17.3 Å². The van der Waals surface area contributed by atoms with Crippen molar-refractivity contribution in [3.05, 3.63) is 29.7 Å². The van der Waals surface area contributed by atoms with Gasteiger partial charge in [-0.3, -0.25) is 9.89 Å². The van der Waals surface area contributed by atoms with Crippen molar-refractivity contribution >= 4 is 11.6 Å². The van der Waals surface area contributed by atoms with Crippen molar-refractivity contribution in [2.45, 2.75) is 19.9 Å². The number of anilines is 1. The Morgan fingerprint density at radius 2 is 2.35 bits per heavy atom. The third-order valence-electron chi connectivity index (χ3n) is 2.25. The Bertz CT molecular complexity index is 530. The van der Waals surface area contributed by atoms with Crippen LogP contribution in [0.5, 0.6) is 0 Å². The van der Waals surface area contributed by atoms with Crippen molar-refractivity contribution in [2.24, 2.45) is 0 Å². The van der Waals surface area contributed by atoms with Crippen LogP contribution in [0.15, 0.2) is 16.8 Å². The Labute approximate surface area is 97.4 Å². The molecule has 90 valence electrons. The predicted octanol–water partition coefficient (Wildman–Crippen LogP) is 0.779. The summed E-state index contributed by atoms with van der Waals surface area (Å²) in [6.07, 6.45) is 2.98. The van der Waals surface area contributed by atoms with E-state index in [1.54, 1.807) is 20.0 Å². The third-order valence-corrected chi connectivity index (χ3v) is 2.25. The van der Waals surface area contributed by atoms with E-state index in [1.165, 1.54) is 6.20 Å². The van der Waals surface area contributed by atoms with Crippen LogP contribution in [0.25, 0.3) is 0 Å². The molecule has 0 saturated heterocycles. The van der Waals surface area contributed by atoms with Crippen LogP contribution in [-0.4, -0.2) is 21.1 Å². The van der Waals surface area contributed by atoms with Gasteiger partial charge in [-0.15, -0.1) is 0 Å².